The summed E-state index contributed by atoms with van der Waals surface area (Å²) < 4.78 is 21.9. The highest BCUT2D eigenvalue weighted by atomic mass is 32.2. The lowest BCUT2D eigenvalue weighted by Crippen LogP contribution is -2.10. The summed E-state index contributed by atoms with van der Waals surface area (Å²) in [5.74, 6) is 0. The number of aliphatic hydroxyl groups is 1. The normalized spacial score (nSPS) is 20.2. The van der Waals surface area contributed by atoms with Gasteiger partial charge in [-0.15, -0.1) is 11.3 Å². The number of hydrogen-bond acceptors (Lipinski definition) is 4. The minimum absolute atomic E-state index is 0.114. The maximum absolute atomic E-state index is 10.9. The van der Waals surface area contributed by atoms with E-state index in [2.05, 4.69) is 0 Å². The van der Waals surface area contributed by atoms with Crippen LogP contribution < -0.4 is 5.14 Å². The van der Waals surface area contributed by atoms with Crippen LogP contribution in [0.4, 0.5) is 0 Å². The van der Waals surface area contributed by atoms with Gasteiger partial charge in [-0.25, -0.2) is 13.6 Å². The molecule has 13 heavy (non-hydrogen) atoms. The van der Waals surface area contributed by atoms with Crippen LogP contribution in [-0.4, -0.2) is 13.5 Å². The van der Waals surface area contributed by atoms with Crippen molar-refractivity contribution in [2.45, 2.75) is 22.7 Å². The van der Waals surface area contributed by atoms with Crippen molar-refractivity contribution < 1.29 is 13.5 Å². The van der Waals surface area contributed by atoms with Crippen LogP contribution in [0.2, 0.25) is 0 Å². The molecule has 3 N–H and O–H groups in total. The van der Waals surface area contributed by atoms with E-state index in [0.29, 0.717) is 18.4 Å². The first-order valence-corrected chi connectivity index (χ1v) is 6.19. The van der Waals surface area contributed by atoms with Crippen LogP contribution in [0.3, 0.4) is 0 Å². The van der Waals surface area contributed by atoms with E-state index in [1.54, 1.807) is 5.38 Å². The number of sulfonamides is 1. The molecule has 1 aliphatic rings. The molecule has 1 aromatic heterocycles. The van der Waals surface area contributed by atoms with Crippen LogP contribution in [0.1, 0.15) is 18.4 Å². The molecule has 0 aromatic carbocycles. The standard InChI is InChI=1S/C7H9NO3S2/c8-13(10,11)6-3-5(4-12-6)7(9)1-2-7/h3-4,9H,1-2H2,(H2,8,10,11). The SMILES string of the molecule is NS(=O)(=O)c1cc(C2(O)CC2)cs1. The third-order valence-electron chi connectivity index (χ3n) is 2.12. The van der Waals surface area contributed by atoms with Gasteiger partial charge in [0.15, 0.2) is 0 Å². The van der Waals surface area contributed by atoms with Crippen molar-refractivity contribution in [3.05, 3.63) is 17.0 Å². The van der Waals surface area contributed by atoms with E-state index in [4.69, 9.17) is 5.14 Å². The minimum atomic E-state index is -3.61. The molecule has 0 aliphatic heterocycles. The van der Waals surface area contributed by atoms with Crippen molar-refractivity contribution in [1.29, 1.82) is 0 Å². The fraction of sp³-hybridized carbons (Fsp3) is 0.429. The van der Waals surface area contributed by atoms with E-state index in [9.17, 15) is 13.5 Å². The molecule has 0 bridgehead atoms. The Kier molecular flexibility index (Phi) is 1.78. The smallest absolute Gasteiger partial charge is 0.247 e. The van der Waals surface area contributed by atoms with E-state index in [1.807, 2.05) is 0 Å². The van der Waals surface area contributed by atoms with Gasteiger partial charge in [0.2, 0.25) is 10.0 Å². The first kappa shape index (κ1) is 9.14. The van der Waals surface area contributed by atoms with E-state index in [1.165, 1.54) is 6.07 Å². The van der Waals surface area contributed by atoms with Gasteiger partial charge in [0.25, 0.3) is 0 Å². The van der Waals surface area contributed by atoms with Gasteiger partial charge in [-0.1, -0.05) is 0 Å². The Labute approximate surface area is 80.1 Å². The summed E-state index contributed by atoms with van der Waals surface area (Å²) in [5, 5.41) is 16.2. The number of rotatable bonds is 2. The molecule has 1 aromatic rings. The van der Waals surface area contributed by atoms with Crippen LogP contribution in [0.15, 0.2) is 15.7 Å². The lowest BCUT2D eigenvalue weighted by molar-refractivity contribution is 0.152. The predicted molar refractivity (Wildman–Crippen MR) is 48.8 cm³/mol. The van der Waals surface area contributed by atoms with Gasteiger partial charge in [0.1, 0.15) is 4.21 Å². The molecule has 1 heterocycles. The molecule has 72 valence electrons. The monoisotopic (exact) mass is 219 g/mol. The molecule has 0 radical (unpaired) electrons. The van der Waals surface area contributed by atoms with Crippen LogP contribution >= 0.6 is 11.3 Å². The van der Waals surface area contributed by atoms with Gasteiger partial charge in [-0.2, -0.15) is 0 Å². The molecule has 2 rings (SSSR count). The highest BCUT2D eigenvalue weighted by Crippen LogP contribution is 2.46. The first-order valence-electron chi connectivity index (χ1n) is 3.76. The van der Waals surface area contributed by atoms with Crippen LogP contribution in [0.25, 0.3) is 0 Å². The lowest BCUT2D eigenvalue weighted by atomic mass is 10.2. The summed E-state index contributed by atoms with van der Waals surface area (Å²) in [6.07, 6.45) is 1.40. The summed E-state index contributed by atoms with van der Waals surface area (Å²) in [4.78, 5) is 0. The van der Waals surface area contributed by atoms with Crippen molar-refractivity contribution in [3.63, 3.8) is 0 Å². The number of hydrogen-bond donors (Lipinski definition) is 2. The Morgan fingerprint density at radius 2 is 2.15 bits per heavy atom. The number of primary sulfonamides is 1. The van der Waals surface area contributed by atoms with Gasteiger partial charge in [0.05, 0.1) is 5.60 Å². The van der Waals surface area contributed by atoms with Crippen LogP contribution in [0.5, 0.6) is 0 Å². The second-order valence-corrected chi connectivity index (χ2v) is 5.93. The first-order chi connectivity index (χ1) is 5.92. The molecule has 0 atom stereocenters. The highest BCUT2D eigenvalue weighted by molar-refractivity contribution is 7.91. The second kappa shape index (κ2) is 2.54. The topological polar surface area (TPSA) is 80.4 Å². The van der Waals surface area contributed by atoms with Crippen molar-refractivity contribution in [3.8, 4) is 0 Å². The minimum Gasteiger partial charge on any atom is -0.385 e. The van der Waals surface area contributed by atoms with Crippen LogP contribution in [0, 0.1) is 0 Å². The molecule has 1 saturated carbocycles. The number of nitrogens with two attached hydrogens (primary N) is 1. The average Bonchev–Trinajstić information content (AvgIpc) is 2.60. The van der Waals surface area contributed by atoms with E-state index < -0.39 is 15.6 Å². The molecule has 6 heteroatoms. The van der Waals surface area contributed by atoms with E-state index in [-0.39, 0.29) is 4.21 Å². The maximum Gasteiger partial charge on any atom is 0.247 e. The zero-order valence-corrected chi connectivity index (χ0v) is 8.36. The molecule has 0 spiro atoms. The summed E-state index contributed by atoms with van der Waals surface area (Å²) in [7, 11) is -3.61. The Balaban J connectivity index is 2.39. The van der Waals surface area contributed by atoms with E-state index in [0.717, 1.165) is 11.3 Å². The van der Waals surface area contributed by atoms with E-state index >= 15 is 0 Å². The molecule has 0 saturated heterocycles. The Bertz CT molecular complexity index is 430. The van der Waals surface area contributed by atoms with Crippen molar-refractivity contribution in [2.24, 2.45) is 5.14 Å². The summed E-state index contributed by atoms with van der Waals surface area (Å²) in [5.41, 5.74) is -0.110. The van der Waals surface area contributed by atoms with Gasteiger partial charge >= 0.3 is 0 Å². The molecular weight excluding hydrogens is 210 g/mol. The van der Waals surface area contributed by atoms with Crippen molar-refractivity contribution >= 4 is 21.4 Å². The molecule has 1 fully saturated rings. The predicted octanol–water partition coefficient (Wildman–Crippen LogP) is 0.377. The van der Waals surface area contributed by atoms with Gasteiger partial charge < -0.3 is 5.11 Å². The van der Waals surface area contributed by atoms with Crippen LogP contribution in [-0.2, 0) is 15.6 Å². The molecule has 0 unspecified atom stereocenters. The maximum atomic E-state index is 10.9. The fourth-order valence-electron chi connectivity index (χ4n) is 1.12. The largest absolute Gasteiger partial charge is 0.385 e. The third kappa shape index (κ3) is 1.62. The Morgan fingerprint density at radius 3 is 2.54 bits per heavy atom. The summed E-state index contributed by atoms with van der Waals surface area (Å²) in [6, 6.07) is 1.45. The molecule has 1 aliphatic carbocycles. The lowest BCUT2D eigenvalue weighted by Gasteiger charge is -2.01. The summed E-state index contributed by atoms with van der Waals surface area (Å²) in [6.45, 7) is 0. The number of thiophene rings is 1. The van der Waals surface area contributed by atoms with Gasteiger partial charge in [0, 0.05) is 0 Å². The molecular formula is C7H9NO3S2. The fourth-order valence-corrected chi connectivity index (χ4v) is 2.81. The van der Waals surface area contributed by atoms with Gasteiger partial charge in [-0.3, -0.25) is 0 Å². The van der Waals surface area contributed by atoms with Gasteiger partial charge in [-0.05, 0) is 29.9 Å². The summed E-state index contributed by atoms with van der Waals surface area (Å²) >= 11 is 1.05. The zero-order valence-electron chi connectivity index (χ0n) is 6.73. The highest BCUT2D eigenvalue weighted by Gasteiger charge is 2.43. The third-order valence-corrected chi connectivity index (χ3v) is 4.50. The Morgan fingerprint density at radius 1 is 1.54 bits per heavy atom. The quantitative estimate of drug-likeness (QED) is 0.754. The molecule has 4 nitrogen and oxygen atoms in total. The zero-order chi connectivity index (χ0) is 9.69. The average molecular weight is 219 g/mol. The van der Waals surface area contributed by atoms with Crippen molar-refractivity contribution in [2.75, 3.05) is 0 Å². The Hall–Kier alpha value is -0.430. The molecule has 0 amide bonds. The van der Waals surface area contributed by atoms with Crippen molar-refractivity contribution in [1.82, 2.24) is 0 Å². The second-order valence-electron chi connectivity index (χ2n) is 3.23.